The summed E-state index contributed by atoms with van der Waals surface area (Å²) in [6.45, 7) is 6.05. The molecule has 2 aromatic carbocycles. The molecule has 0 saturated carbocycles. The van der Waals surface area contributed by atoms with Crippen LogP contribution in [0.5, 0.6) is 5.75 Å². The fourth-order valence-electron chi connectivity index (χ4n) is 3.81. The van der Waals surface area contributed by atoms with E-state index in [1.807, 2.05) is 12.1 Å². The summed E-state index contributed by atoms with van der Waals surface area (Å²) in [5.41, 5.74) is 1.70. The van der Waals surface area contributed by atoms with E-state index in [2.05, 4.69) is 13.8 Å². The predicted octanol–water partition coefficient (Wildman–Crippen LogP) is 7.44. The average molecular weight is 433 g/mol. The lowest BCUT2D eigenvalue weighted by molar-refractivity contribution is -0.206. The number of benzene rings is 2. The lowest BCUT2D eigenvalue weighted by Crippen LogP contribution is -2.27. The molecule has 2 aromatic rings. The van der Waals surface area contributed by atoms with Gasteiger partial charge in [0.15, 0.2) is 17.9 Å². The van der Waals surface area contributed by atoms with Crippen molar-refractivity contribution in [1.29, 1.82) is 0 Å². The lowest BCUT2D eigenvalue weighted by Gasteiger charge is -2.29. The van der Waals surface area contributed by atoms with E-state index in [9.17, 15) is 8.78 Å². The Labute approximate surface area is 184 Å². The van der Waals surface area contributed by atoms with Crippen LogP contribution in [-0.2, 0) is 9.47 Å². The monoisotopic (exact) mass is 432 g/mol. The van der Waals surface area contributed by atoms with Gasteiger partial charge in [-0.2, -0.15) is 4.39 Å². The van der Waals surface area contributed by atoms with Crippen molar-refractivity contribution in [1.82, 2.24) is 0 Å². The molecule has 31 heavy (non-hydrogen) atoms. The standard InChI is InChI=1S/C26H34F2O3/c1-3-5-7-9-19-17-30-26(31-18-19)21-12-10-20(11-13-21)22-14-15-23(25(28)24(22)27)29-16-8-6-4-2/h10-15,19,26H,3-9,16-18H2,1-2H3. The van der Waals surface area contributed by atoms with Crippen LogP contribution in [0.15, 0.2) is 36.4 Å². The highest BCUT2D eigenvalue weighted by molar-refractivity contribution is 5.65. The molecule has 0 aliphatic carbocycles. The molecule has 0 spiro atoms. The maximum Gasteiger partial charge on any atom is 0.201 e. The van der Waals surface area contributed by atoms with Crippen molar-refractivity contribution in [2.24, 2.45) is 5.92 Å². The van der Waals surface area contributed by atoms with E-state index in [0.29, 0.717) is 31.3 Å². The minimum Gasteiger partial charge on any atom is -0.490 e. The molecule has 1 heterocycles. The quantitative estimate of drug-likeness (QED) is 0.345. The molecule has 0 bridgehead atoms. The van der Waals surface area contributed by atoms with Crippen LogP contribution in [0.1, 0.15) is 70.6 Å². The number of unbranched alkanes of at least 4 members (excludes halogenated alkanes) is 4. The third kappa shape index (κ3) is 6.50. The molecule has 1 aliphatic rings. The molecule has 5 heteroatoms. The zero-order valence-electron chi connectivity index (χ0n) is 18.7. The summed E-state index contributed by atoms with van der Waals surface area (Å²) < 4.78 is 46.3. The molecule has 0 atom stereocenters. The second-order valence-corrected chi connectivity index (χ2v) is 8.28. The first-order valence-corrected chi connectivity index (χ1v) is 11.6. The zero-order valence-corrected chi connectivity index (χ0v) is 18.7. The molecule has 3 nitrogen and oxygen atoms in total. The van der Waals surface area contributed by atoms with E-state index < -0.39 is 17.9 Å². The fraction of sp³-hybridized carbons (Fsp3) is 0.538. The molecule has 3 rings (SSSR count). The van der Waals surface area contributed by atoms with Gasteiger partial charge in [-0.05, 0) is 30.5 Å². The van der Waals surface area contributed by atoms with Gasteiger partial charge in [0, 0.05) is 17.0 Å². The molecule has 0 N–H and O–H groups in total. The third-order valence-corrected chi connectivity index (χ3v) is 5.73. The van der Waals surface area contributed by atoms with E-state index >= 15 is 0 Å². The number of hydrogen-bond acceptors (Lipinski definition) is 3. The highest BCUT2D eigenvalue weighted by Crippen LogP contribution is 2.32. The SMILES string of the molecule is CCCCCOc1ccc(-c2ccc(C3OCC(CCCCC)CO3)cc2)c(F)c1F. The van der Waals surface area contributed by atoms with E-state index in [0.717, 1.165) is 31.2 Å². The fourth-order valence-corrected chi connectivity index (χ4v) is 3.81. The van der Waals surface area contributed by atoms with E-state index in [1.54, 1.807) is 18.2 Å². The van der Waals surface area contributed by atoms with Gasteiger partial charge in [0.2, 0.25) is 5.82 Å². The zero-order chi connectivity index (χ0) is 22.1. The van der Waals surface area contributed by atoms with Gasteiger partial charge >= 0.3 is 0 Å². The Hall–Kier alpha value is -1.98. The van der Waals surface area contributed by atoms with Gasteiger partial charge in [-0.25, -0.2) is 4.39 Å². The van der Waals surface area contributed by atoms with Gasteiger partial charge in [-0.1, -0.05) is 70.2 Å². The molecule has 1 aliphatic heterocycles. The van der Waals surface area contributed by atoms with Gasteiger partial charge < -0.3 is 14.2 Å². The third-order valence-electron chi connectivity index (χ3n) is 5.73. The van der Waals surface area contributed by atoms with Gasteiger partial charge in [0.05, 0.1) is 19.8 Å². The molecule has 0 aromatic heterocycles. The Balaban J connectivity index is 1.59. The van der Waals surface area contributed by atoms with Crippen LogP contribution in [0, 0.1) is 17.6 Å². The summed E-state index contributed by atoms with van der Waals surface area (Å²) in [5.74, 6) is -1.42. The summed E-state index contributed by atoms with van der Waals surface area (Å²) in [7, 11) is 0. The summed E-state index contributed by atoms with van der Waals surface area (Å²) in [6.07, 6.45) is 7.25. The van der Waals surface area contributed by atoms with Crippen molar-refractivity contribution in [2.75, 3.05) is 19.8 Å². The number of ether oxygens (including phenoxy) is 3. The molecule has 170 valence electrons. The van der Waals surface area contributed by atoms with Gasteiger partial charge in [-0.15, -0.1) is 0 Å². The molecular weight excluding hydrogens is 398 g/mol. The van der Waals surface area contributed by atoms with Crippen molar-refractivity contribution in [3.8, 4) is 16.9 Å². The number of rotatable bonds is 11. The minimum atomic E-state index is -0.939. The highest BCUT2D eigenvalue weighted by atomic mass is 19.2. The summed E-state index contributed by atoms with van der Waals surface area (Å²) in [5, 5.41) is 0. The number of hydrogen-bond donors (Lipinski definition) is 0. The van der Waals surface area contributed by atoms with Gasteiger partial charge in [0.1, 0.15) is 0 Å². The van der Waals surface area contributed by atoms with Gasteiger partial charge in [-0.3, -0.25) is 0 Å². The Morgan fingerprint density at radius 3 is 2.19 bits per heavy atom. The normalized spacial score (nSPS) is 18.8. The Kier molecular flexibility index (Phi) is 9.29. The first-order chi connectivity index (χ1) is 15.1. The molecule has 1 fully saturated rings. The molecule has 1 saturated heterocycles. The topological polar surface area (TPSA) is 27.7 Å². The Morgan fingerprint density at radius 1 is 0.839 bits per heavy atom. The van der Waals surface area contributed by atoms with Crippen molar-refractivity contribution in [2.45, 2.75) is 65.1 Å². The Bertz CT molecular complexity index is 799. The van der Waals surface area contributed by atoms with Gasteiger partial charge in [0.25, 0.3) is 0 Å². The van der Waals surface area contributed by atoms with Crippen LogP contribution >= 0.6 is 0 Å². The first-order valence-electron chi connectivity index (χ1n) is 11.6. The van der Waals surface area contributed by atoms with Crippen molar-refractivity contribution >= 4 is 0 Å². The smallest absolute Gasteiger partial charge is 0.201 e. The van der Waals surface area contributed by atoms with Crippen molar-refractivity contribution in [3.05, 3.63) is 53.6 Å². The van der Waals surface area contributed by atoms with Crippen LogP contribution in [-0.4, -0.2) is 19.8 Å². The van der Waals surface area contributed by atoms with Crippen molar-refractivity contribution in [3.63, 3.8) is 0 Å². The molecule has 0 amide bonds. The van der Waals surface area contributed by atoms with E-state index in [4.69, 9.17) is 14.2 Å². The summed E-state index contributed by atoms with van der Waals surface area (Å²) in [6, 6.07) is 10.3. The number of halogens is 2. The molecule has 0 radical (unpaired) electrons. The first kappa shape index (κ1) is 23.7. The van der Waals surface area contributed by atoms with E-state index in [-0.39, 0.29) is 11.3 Å². The second kappa shape index (κ2) is 12.2. The molecule has 0 unspecified atom stereocenters. The average Bonchev–Trinajstić information content (AvgIpc) is 2.80. The van der Waals surface area contributed by atoms with Crippen LogP contribution in [0.3, 0.4) is 0 Å². The van der Waals surface area contributed by atoms with E-state index in [1.165, 1.54) is 25.3 Å². The van der Waals surface area contributed by atoms with Crippen molar-refractivity contribution < 1.29 is 23.0 Å². The van der Waals surface area contributed by atoms with Crippen LogP contribution in [0.2, 0.25) is 0 Å². The van der Waals surface area contributed by atoms with Crippen LogP contribution < -0.4 is 4.74 Å². The second-order valence-electron chi connectivity index (χ2n) is 8.28. The molecular formula is C26H34F2O3. The minimum absolute atomic E-state index is 0.0357. The van der Waals surface area contributed by atoms with Crippen LogP contribution in [0.25, 0.3) is 11.1 Å². The van der Waals surface area contributed by atoms with Crippen LogP contribution in [0.4, 0.5) is 8.78 Å². The largest absolute Gasteiger partial charge is 0.490 e. The maximum absolute atomic E-state index is 14.6. The predicted molar refractivity (Wildman–Crippen MR) is 119 cm³/mol. The summed E-state index contributed by atoms with van der Waals surface area (Å²) >= 11 is 0. The lowest BCUT2D eigenvalue weighted by atomic mass is 10.0. The maximum atomic E-state index is 14.6. The summed E-state index contributed by atoms with van der Waals surface area (Å²) in [4.78, 5) is 0. The highest BCUT2D eigenvalue weighted by Gasteiger charge is 2.23. The Morgan fingerprint density at radius 2 is 1.52 bits per heavy atom.